The number of rotatable bonds is 4. The van der Waals surface area contributed by atoms with Crippen LogP contribution in [0.15, 0.2) is 0 Å². The van der Waals surface area contributed by atoms with Crippen molar-refractivity contribution in [2.75, 3.05) is 0 Å². The van der Waals surface area contributed by atoms with E-state index >= 15 is 0 Å². The average Bonchev–Trinajstić information content (AvgIpc) is 2.20. The van der Waals surface area contributed by atoms with Crippen LogP contribution in [0.4, 0.5) is 0 Å². The van der Waals surface area contributed by atoms with Crippen LogP contribution in [0.3, 0.4) is 0 Å². The third kappa shape index (κ3) is 2.89. The molecular weight excluding hydrogens is 234 g/mol. The number of hydrogen-bond donors (Lipinski definition) is 1. The van der Waals surface area contributed by atoms with Gasteiger partial charge < -0.3 is 5.11 Å². The van der Waals surface area contributed by atoms with E-state index in [4.69, 9.17) is 0 Å². The first-order valence-corrected chi connectivity index (χ1v) is 6.27. The van der Waals surface area contributed by atoms with Crippen LogP contribution in [0.2, 0.25) is 0 Å². The topological polar surface area (TPSA) is 74.7 Å². The van der Waals surface area contributed by atoms with Gasteiger partial charge in [0.1, 0.15) is 6.04 Å². The maximum atomic E-state index is 12.0. The van der Waals surface area contributed by atoms with Crippen molar-refractivity contribution in [1.82, 2.24) is 4.90 Å². The zero-order valence-corrected chi connectivity index (χ0v) is 11.4. The van der Waals surface area contributed by atoms with E-state index < -0.39 is 12.0 Å². The van der Waals surface area contributed by atoms with Gasteiger partial charge in [0.25, 0.3) is 0 Å². The second-order valence-electron chi connectivity index (χ2n) is 5.84. The summed E-state index contributed by atoms with van der Waals surface area (Å²) in [7, 11) is 0. The van der Waals surface area contributed by atoms with Crippen molar-refractivity contribution in [2.45, 2.75) is 53.0 Å². The lowest BCUT2D eigenvalue weighted by atomic mass is 9.80. The molecule has 2 amide bonds. The summed E-state index contributed by atoms with van der Waals surface area (Å²) in [5.74, 6) is -2.09. The quantitative estimate of drug-likeness (QED) is 0.775. The minimum atomic E-state index is -1.11. The fourth-order valence-electron chi connectivity index (χ4n) is 2.33. The monoisotopic (exact) mass is 255 g/mol. The van der Waals surface area contributed by atoms with Gasteiger partial charge in [-0.3, -0.25) is 14.5 Å². The van der Waals surface area contributed by atoms with Crippen molar-refractivity contribution >= 4 is 17.8 Å². The highest BCUT2D eigenvalue weighted by Crippen LogP contribution is 2.33. The fraction of sp³-hybridized carbons (Fsp3) is 0.769. The molecule has 1 N–H and O–H groups in total. The molecule has 0 bridgehead atoms. The molecule has 1 saturated heterocycles. The third-order valence-corrected chi connectivity index (χ3v) is 3.51. The number of carbonyl (C=O) groups excluding carboxylic acids is 2. The van der Waals surface area contributed by atoms with Gasteiger partial charge in [-0.15, -0.1) is 0 Å². The number of nitrogens with zero attached hydrogens (tertiary/aromatic N) is 1. The van der Waals surface area contributed by atoms with Gasteiger partial charge in [0.15, 0.2) is 0 Å². The number of imide groups is 1. The summed E-state index contributed by atoms with van der Waals surface area (Å²) in [6, 6.07) is -1.04. The van der Waals surface area contributed by atoms with Crippen LogP contribution in [0.5, 0.6) is 0 Å². The predicted molar refractivity (Wildman–Crippen MR) is 65.7 cm³/mol. The Kier molecular flexibility index (Phi) is 4.14. The van der Waals surface area contributed by atoms with Crippen LogP contribution in [-0.2, 0) is 14.4 Å². The Bertz CT molecular complexity index is 355. The van der Waals surface area contributed by atoms with Gasteiger partial charge >= 0.3 is 5.97 Å². The first kappa shape index (κ1) is 14.7. The average molecular weight is 255 g/mol. The summed E-state index contributed by atoms with van der Waals surface area (Å²) in [6.07, 6.45) is 1.05. The highest BCUT2D eigenvalue weighted by atomic mass is 16.4. The molecule has 5 heteroatoms. The van der Waals surface area contributed by atoms with Crippen molar-refractivity contribution in [1.29, 1.82) is 0 Å². The number of carbonyl (C=O) groups is 3. The van der Waals surface area contributed by atoms with E-state index in [0.717, 1.165) is 4.90 Å². The molecule has 1 aliphatic heterocycles. The Morgan fingerprint density at radius 3 is 2.11 bits per heavy atom. The highest BCUT2D eigenvalue weighted by Gasteiger charge is 2.44. The van der Waals surface area contributed by atoms with Crippen LogP contribution >= 0.6 is 0 Å². The van der Waals surface area contributed by atoms with Gasteiger partial charge in [0.05, 0.1) is 0 Å². The van der Waals surface area contributed by atoms with Gasteiger partial charge in [-0.2, -0.15) is 0 Å². The van der Waals surface area contributed by atoms with Crippen molar-refractivity contribution in [3.05, 3.63) is 0 Å². The van der Waals surface area contributed by atoms with Crippen LogP contribution in [0, 0.1) is 11.3 Å². The molecule has 0 aromatic carbocycles. The molecule has 1 heterocycles. The smallest absolute Gasteiger partial charge is 0.327 e. The highest BCUT2D eigenvalue weighted by molar-refractivity contribution is 6.01. The lowest BCUT2D eigenvalue weighted by molar-refractivity contribution is -0.165. The van der Waals surface area contributed by atoms with Crippen LogP contribution in [-0.4, -0.2) is 33.8 Å². The molecule has 0 spiro atoms. The van der Waals surface area contributed by atoms with Gasteiger partial charge in [-0.1, -0.05) is 34.1 Å². The first-order chi connectivity index (χ1) is 8.19. The maximum absolute atomic E-state index is 12.0. The number of aliphatic carboxylic acids is 1. The minimum absolute atomic E-state index is 0.221. The molecule has 102 valence electrons. The molecule has 1 aliphatic rings. The summed E-state index contributed by atoms with van der Waals surface area (Å²) in [6.45, 7) is 7.29. The van der Waals surface area contributed by atoms with Gasteiger partial charge in [-0.05, 0) is 11.3 Å². The van der Waals surface area contributed by atoms with Crippen molar-refractivity contribution < 1.29 is 19.5 Å². The molecule has 0 saturated carbocycles. The standard InChI is InChI=1S/C13H21NO4/c1-5-8(2)11(12(17)18)14-9(15)6-13(3,4)7-10(14)16/h8,11H,5-7H2,1-4H3,(H,17,18). The van der Waals surface area contributed by atoms with Gasteiger partial charge in [-0.25, -0.2) is 4.79 Å². The van der Waals surface area contributed by atoms with E-state index in [1.54, 1.807) is 6.92 Å². The summed E-state index contributed by atoms with van der Waals surface area (Å²) >= 11 is 0. The van der Waals surface area contributed by atoms with E-state index in [1.807, 2.05) is 20.8 Å². The predicted octanol–water partition coefficient (Wildman–Crippen LogP) is 1.66. The number of amides is 2. The number of piperidine rings is 1. The largest absolute Gasteiger partial charge is 0.480 e. The second-order valence-corrected chi connectivity index (χ2v) is 5.84. The Labute approximate surface area is 107 Å². The first-order valence-electron chi connectivity index (χ1n) is 6.27. The Morgan fingerprint density at radius 2 is 1.78 bits per heavy atom. The lowest BCUT2D eigenvalue weighted by Gasteiger charge is -2.39. The Morgan fingerprint density at radius 1 is 1.33 bits per heavy atom. The van der Waals surface area contributed by atoms with Gasteiger partial charge in [0.2, 0.25) is 11.8 Å². The second kappa shape index (κ2) is 5.08. The number of likely N-dealkylation sites (tertiary alicyclic amines) is 1. The molecule has 2 unspecified atom stereocenters. The van der Waals surface area contributed by atoms with Gasteiger partial charge in [0, 0.05) is 12.8 Å². The van der Waals surface area contributed by atoms with Crippen LogP contribution < -0.4 is 0 Å². The van der Waals surface area contributed by atoms with Crippen molar-refractivity contribution in [3.8, 4) is 0 Å². The molecular formula is C13H21NO4. The minimum Gasteiger partial charge on any atom is -0.480 e. The van der Waals surface area contributed by atoms with E-state index in [9.17, 15) is 19.5 Å². The lowest BCUT2D eigenvalue weighted by Crippen LogP contribution is -2.56. The SMILES string of the molecule is CCC(C)C(C(=O)O)N1C(=O)CC(C)(C)CC1=O. The maximum Gasteiger partial charge on any atom is 0.327 e. The molecule has 0 radical (unpaired) electrons. The molecule has 0 aliphatic carbocycles. The molecule has 1 rings (SSSR count). The molecule has 0 aromatic rings. The zero-order chi connectivity index (χ0) is 14.1. The van der Waals surface area contributed by atoms with E-state index in [-0.39, 0.29) is 36.0 Å². The van der Waals surface area contributed by atoms with Crippen LogP contribution in [0.1, 0.15) is 47.0 Å². The van der Waals surface area contributed by atoms with E-state index in [0.29, 0.717) is 6.42 Å². The number of hydrogen-bond acceptors (Lipinski definition) is 3. The summed E-state index contributed by atoms with van der Waals surface area (Å²) in [5, 5.41) is 9.25. The fourth-order valence-corrected chi connectivity index (χ4v) is 2.33. The summed E-state index contributed by atoms with van der Waals surface area (Å²) < 4.78 is 0. The summed E-state index contributed by atoms with van der Waals surface area (Å²) in [5.41, 5.74) is -0.372. The molecule has 0 aromatic heterocycles. The molecule has 1 fully saturated rings. The van der Waals surface area contributed by atoms with Crippen molar-refractivity contribution in [3.63, 3.8) is 0 Å². The Balaban J connectivity index is 3.03. The number of carboxylic acids is 1. The molecule has 18 heavy (non-hydrogen) atoms. The molecule has 5 nitrogen and oxygen atoms in total. The zero-order valence-electron chi connectivity index (χ0n) is 11.4. The summed E-state index contributed by atoms with van der Waals surface area (Å²) in [4.78, 5) is 36.3. The van der Waals surface area contributed by atoms with Crippen molar-refractivity contribution in [2.24, 2.45) is 11.3 Å². The van der Waals surface area contributed by atoms with Crippen LogP contribution in [0.25, 0.3) is 0 Å². The van der Waals surface area contributed by atoms with E-state index in [1.165, 1.54) is 0 Å². The Hall–Kier alpha value is -1.39. The number of carboxylic acid groups (broad SMARTS) is 1. The van der Waals surface area contributed by atoms with E-state index in [2.05, 4.69) is 0 Å². The normalized spacial score (nSPS) is 22.8. The third-order valence-electron chi connectivity index (χ3n) is 3.51. The molecule has 2 atom stereocenters.